The summed E-state index contributed by atoms with van der Waals surface area (Å²) in [7, 11) is 0. The third-order valence-corrected chi connectivity index (χ3v) is 4.80. The van der Waals surface area contributed by atoms with Crippen molar-refractivity contribution in [3.63, 3.8) is 0 Å². The van der Waals surface area contributed by atoms with Crippen LogP contribution in [0.3, 0.4) is 0 Å². The van der Waals surface area contributed by atoms with E-state index in [4.69, 9.17) is 11.6 Å². The van der Waals surface area contributed by atoms with Crippen LogP contribution in [0.1, 0.15) is 50.0 Å². The third kappa shape index (κ3) is 2.22. The Balaban J connectivity index is 2.19. The van der Waals surface area contributed by atoms with Crippen LogP contribution in [0.15, 0.2) is 12.1 Å². The molecule has 1 aliphatic carbocycles. The highest BCUT2D eigenvalue weighted by Gasteiger charge is 2.26. The third-order valence-electron chi connectivity index (χ3n) is 4.56. The molecule has 1 aromatic carbocycles. The summed E-state index contributed by atoms with van der Waals surface area (Å²) in [6.07, 6.45) is 4.95. The van der Waals surface area contributed by atoms with Crippen LogP contribution in [0.25, 0.3) is 11.0 Å². The Morgan fingerprint density at radius 1 is 1.35 bits per heavy atom. The average Bonchev–Trinajstić information content (AvgIpc) is 2.77. The van der Waals surface area contributed by atoms with E-state index in [1.807, 2.05) is 6.07 Å². The second kappa shape index (κ2) is 5.36. The molecule has 0 spiro atoms. The molecular weight excluding hydrogens is 275 g/mol. The van der Waals surface area contributed by atoms with Crippen molar-refractivity contribution < 1.29 is 4.39 Å². The zero-order valence-corrected chi connectivity index (χ0v) is 12.8. The summed E-state index contributed by atoms with van der Waals surface area (Å²) < 4.78 is 16.0. The second-order valence-electron chi connectivity index (χ2n) is 5.95. The van der Waals surface area contributed by atoms with Gasteiger partial charge in [-0.05, 0) is 37.3 Å². The van der Waals surface area contributed by atoms with Gasteiger partial charge in [-0.2, -0.15) is 0 Å². The molecule has 3 rings (SSSR count). The Kier molecular flexibility index (Phi) is 3.72. The van der Waals surface area contributed by atoms with Gasteiger partial charge in [0, 0.05) is 12.1 Å². The first-order chi connectivity index (χ1) is 9.61. The molecular formula is C16H20ClFN2. The van der Waals surface area contributed by atoms with Gasteiger partial charge < -0.3 is 4.57 Å². The average molecular weight is 295 g/mol. The van der Waals surface area contributed by atoms with Gasteiger partial charge in [0.1, 0.15) is 11.6 Å². The zero-order chi connectivity index (χ0) is 14.3. The van der Waals surface area contributed by atoms with Crippen molar-refractivity contribution in [2.45, 2.75) is 51.5 Å². The summed E-state index contributed by atoms with van der Waals surface area (Å²) in [5, 5.41) is 0. The maximum absolute atomic E-state index is 13.7. The number of imidazole rings is 1. The zero-order valence-electron chi connectivity index (χ0n) is 12.0. The SMILES string of the molecule is Cc1cc2c(cc1F)nc(CCl)n2C1CCCCC1C. The lowest BCUT2D eigenvalue weighted by molar-refractivity contribution is 0.258. The van der Waals surface area contributed by atoms with E-state index in [9.17, 15) is 4.39 Å². The van der Waals surface area contributed by atoms with E-state index >= 15 is 0 Å². The first-order valence-corrected chi connectivity index (χ1v) is 7.88. The molecule has 108 valence electrons. The summed E-state index contributed by atoms with van der Waals surface area (Å²) in [4.78, 5) is 4.53. The number of aryl methyl sites for hydroxylation is 1. The first-order valence-electron chi connectivity index (χ1n) is 7.34. The maximum Gasteiger partial charge on any atom is 0.128 e. The number of aromatic nitrogens is 2. The fraction of sp³-hybridized carbons (Fsp3) is 0.562. The molecule has 2 atom stereocenters. The first kappa shape index (κ1) is 13.9. The number of benzene rings is 1. The monoisotopic (exact) mass is 294 g/mol. The number of alkyl halides is 1. The maximum atomic E-state index is 13.7. The Morgan fingerprint density at radius 2 is 2.10 bits per heavy atom. The number of hydrogen-bond acceptors (Lipinski definition) is 1. The minimum absolute atomic E-state index is 0.194. The van der Waals surface area contributed by atoms with Gasteiger partial charge in [0.15, 0.2) is 0 Å². The van der Waals surface area contributed by atoms with Gasteiger partial charge in [0.25, 0.3) is 0 Å². The fourth-order valence-electron chi connectivity index (χ4n) is 3.41. The molecule has 2 nitrogen and oxygen atoms in total. The van der Waals surface area contributed by atoms with Crippen molar-refractivity contribution in [2.75, 3.05) is 0 Å². The van der Waals surface area contributed by atoms with Crippen LogP contribution in [0.2, 0.25) is 0 Å². The van der Waals surface area contributed by atoms with Crippen molar-refractivity contribution in [3.8, 4) is 0 Å². The molecule has 1 saturated carbocycles. The van der Waals surface area contributed by atoms with Crippen LogP contribution in [0.5, 0.6) is 0 Å². The number of nitrogens with zero attached hydrogens (tertiary/aromatic N) is 2. The number of hydrogen-bond donors (Lipinski definition) is 0. The molecule has 0 radical (unpaired) electrons. The molecule has 4 heteroatoms. The number of rotatable bonds is 2. The summed E-state index contributed by atoms with van der Waals surface area (Å²) in [5.74, 6) is 1.66. The van der Waals surface area contributed by atoms with E-state index < -0.39 is 0 Å². The highest BCUT2D eigenvalue weighted by Crippen LogP contribution is 2.37. The van der Waals surface area contributed by atoms with Crippen LogP contribution >= 0.6 is 11.6 Å². The van der Waals surface area contributed by atoms with E-state index in [0.717, 1.165) is 23.3 Å². The molecule has 0 aliphatic heterocycles. The van der Waals surface area contributed by atoms with E-state index in [1.54, 1.807) is 6.92 Å². The van der Waals surface area contributed by atoms with Gasteiger partial charge in [-0.15, -0.1) is 11.6 Å². The number of halogens is 2. The molecule has 1 fully saturated rings. The van der Waals surface area contributed by atoms with Crippen LogP contribution < -0.4 is 0 Å². The van der Waals surface area contributed by atoms with Crippen molar-refractivity contribution in [1.82, 2.24) is 9.55 Å². The van der Waals surface area contributed by atoms with Gasteiger partial charge in [-0.25, -0.2) is 9.37 Å². The molecule has 2 aromatic rings. The molecule has 0 N–H and O–H groups in total. The minimum Gasteiger partial charge on any atom is -0.324 e. The largest absolute Gasteiger partial charge is 0.324 e. The quantitative estimate of drug-likeness (QED) is 0.715. The summed E-state index contributed by atoms with van der Waals surface area (Å²) >= 11 is 6.07. The highest BCUT2D eigenvalue weighted by atomic mass is 35.5. The van der Waals surface area contributed by atoms with Gasteiger partial charge in [0.05, 0.1) is 16.9 Å². The van der Waals surface area contributed by atoms with Gasteiger partial charge in [-0.1, -0.05) is 19.8 Å². The van der Waals surface area contributed by atoms with E-state index in [-0.39, 0.29) is 5.82 Å². The molecule has 20 heavy (non-hydrogen) atoms. The molecule has 1 heterocycles. The van der Waals surface area contributed by atoms with Gasteiger partial charge in [0.2, 0.25) is 0 Å². The highest BCUT2D eigenvalue weighted by molar-refractivity contribution is 6.16. The lowest BCUT2D eigenvalue weighted by Gasteiger charge is -2.31. The molecule has 2 unspecified atom stereocenters. The van der Waals surface area contributed by atoms with Crippen molar-refractivity contribution in [3.05, 3.63) is 29.3 Å². The number of fused-ring (bicyclic) bond motifs is 1. The lowest BCUT2D eigenvalue weighted by atomic mass is 9.85. The molecule has 1 aliphatic rings. The van der Waals surface area contributed by atoms with Crippen molar-refractivity contribution in [2.24, 2.45) is 5.92 Å². The van der Waals surface area contributed by atoms with Crippen LogP contribution in [-0.4, -0.2) is 9.55 Å². The topological polar surface area (TPSA) is 17.8 Å². The Morgan fingerprint density at radius 3 is 2.80 bits per heavy atom. The van der Waals surface area contributed by atoms with Gasteiger partial charge >= 0.3 is 0 Å². The van der Waals surface area contributed by atoms with E-state index in [2.05, 4.69) is 16.5 Å². The van der Waals surface area contributed by atoms with Gasteiger partial charge in [-0.3, -0.25) is 0 Å². The molecule has 0 bridgehead atoms. The van der Waals surface area contributed by atoms with E-state index in [0.29, 0.717) is 23.4 Å². The predicted molar refractivity (Wildman–Crippen MR) is 80.7 cm³/mol. The van der Waals surface area contributed by atoms with Crippen molar-refractivity contribution in [1.29, 1.82) is 0 Å². The molecule has 0 amide bonds. The smallest absolute Gasteiger partial charge is 0.128 e. The second-order valence-corrected chi connectivity index (χ2v) is 6.22. The normalized spacial score (nSPS) is 23.4. The van der Waals surface area contributed by atoms with E-state index in [1.165, 1.54) is 25.3 Å². The van der Waals surface area contributed by atoms with Crippen LogP contribution in [-0.2, 0) is 5.88 Å². The summed E-state index contributed by atoms with van der Waals surface area (Å²) in [5.41, 5.74) is 2.42. The lowest BCUT2D eigenvalue weighted by Crippen LogP contribution is -2.22. The molecule has 1 aromatic heterocycles. The summed E-state index contributed by atoms with van der Waals surface area (Å²) in [6.45, 7) is 4.10. The van der Waals surface area contributed by atoms with Crippen LogP contribution in [0.4, 0.5) is 4.39 Å². The molecule has 0 saturated heterocycles. The Hall–Kier alpha value is -1.09. The Bertz CT molecular complexity index is 635. The summed E-state index contributed by atoms with van der Waals surface area (Å²) in [6, 6.07) is 3.88. The minimum atomic E-state index is -0.194. The van der Waals surface area contributed by atoms with Crippen molar-refractivity contribution >= 4 is 22.6 Å². The fourth-order valence-corrected chi connectivity index (χ4v) is 3.60. The predicted octanol–water partition coefficient (Wildman–Crippen LogP) is 4.97. The standard InChI is InChI=1S/C16H20ClFN2/c1-10-5-3-4-6-14(10)20-15-7-11(2)12(18)8-13(15)19-16(20)9-17/h7-8,10,14H,3-6,9H2,1-2H3. The Labute approximate surface area is 123 Å². The van der Waals surface area contributed by atoms with Crippen LogP contribution in [0, 0.1) is 18.7 Å².